The highest BCUT2D eigenvalue weighted by Crippen LogP contribution is 2.12. The van der Waals surface area contributed by atoms with E-state index in [-0.39, 0.29) is 5.91 Å². The Bertz CT molecular complexity index is 541. The molecule has 0 fully saturated rings. The van der Waals surface area contributed by atoms with Crippen LogP contribution in [0, 0.1) is 6.92 Å². The van der Waals surface area contributed by atoms with Crippen molar-refractivity contribution in [1.82, 2.24) is 15.3 Å². The third kappa shape index (κ3) is 3.10. The van der Waals surface area contributed by atoms with Crippen LogP contribution in [0.2, 0.25) is 0 Å². The maximum Gasteiger partial charge on any atom is 0.270 e. The first-order valence-corrected chi connectivity index (χ1v) is 6.64. The molecule has 17 heavy (non-hydrogen) atoms. The molecule has 2 rings (SSSR count). The first-order chi connectivity index (χ1) is 8.16. The van der Waals surface area contributed by atoms with Crippen molar-refractivity contribution in [1.29, 1.82) is 0 Å². The second kappa shape index (κ2) is 5.37. The molecule has 0 saturated carbocycles. The van der Waals surface area contributed by atoms with E-state index in [4.69, 9.17) is 0 Å². The molecule has 0 saturated heterocycles. The zero-order valence-electron chi connectivity index (χ0n) is 9.11. The van der Waals surface area contributed by atoms with Crippen molar-refractivity contribution in [2.45, 2.75) is 13.5 Å². The summed E-state index contributed by atoms with van der Waals surface area (Å²) in [7, 11) is 0. The van der Waals surface area contributed by atoms with E-state index in [0.29, 0.717) is 16.8 Å². The molecule has 2 heterocycles. The van der Waals surface area contributed by atoms with Gasteiger partial charge in [-0.3, -0.25) is 4.79 Å². The second-order valence-corrected chi connectivity index (χ2v) is 5.14. The molecule has 0 aromatic carbocycles. The molecule has 0 radical (unpaired) electrons. The van der Waals surface area contributed by atoms with E-state index in [1.165, 1.54) is 11.3 Å². The van der Waals surface area contributed by atoms with Crippen LogP contribution in [-0.4, -0.2) is 15.9 Å². The number of carbonyl (C=O) groups is 1. The van der Waals surface area contributed by atoms with E-state index in [0.717, 1.165) is 10.6 Å². The largest absolute Gasteiger partial charge is 0.346 e. The molecular formula is C11H10BrN3OS. The molecule has 88 valence electrons. The van der Waals surface area contributed by atoms with E-state index in [9.17, 15) is 4.79 Å². The van der Waals surface area contributed by atoms with Gasteiger partial charge in [-0.25, -0.2) is 9.97 Å². The standard InChI is InChI=1S/C11H10BrN3OS/c1-7-9(17-6-14-7)5-13-11(16)8-3-2-4-10(12)15-8/h2-4,6H,5H2,1H3,(H,13,16). The number of rotatable bonds is 3. The van der Waals surface area contributed by atoms with Gasteiger partial charge in [0.15, 0.2) is 0 Å². The zero-order valence-corrected chi connectivity index (χ0v) is 11.5. The molecule has 2 aromatic rings. The normalized spacial score (nSPS) is 10.2. The summed E-state index contributed by atoms with van der Waals surface area (Å²) in [5, 5.41) is 2.82. The van der Waals surface area contributed by atoms with Gasteiger partial charge in [0.05, 0.1) is 17.7 Å². The van der Waals surface area contributed by atoms with Gasteiger partial charge in [-0.05, 0) is 35.0 Å². The molecule has 0 aliphatic heterocycles. The van der Waals surface area contributed by atoms with Crippen molar-refractivity contribution in [2.75, 3.05) is 0 Å². The van der Waals surface area contributed by atoms with Gasteiger partial charge >= 0.3 is 0 Å². The fourth-order valence-corrected chi connectivity index (χ4v) is 2.34. The minimum Gasteiger partial charge on any atom is -0.346 e. The minimum atomic E-state index is -0.181. The number of nitrogens with one attached hydrogen (secondary N) is 1. The number of halogens is 1. The molecule has 0 unspecified atom stereocenters. The molecule has 0 aliphatic carbocycles. The van der Waals surface area contributed by atoms with Gasteiger partial charge in [0.25, 0.3) is 5.91 Å². The highest BCUT2D eigenvalue weighted by atomic mass is 79.9. The van der Waals surface area contributed by atoms with E-state index >= 15 is 0 Å². The molecule has 0 bridgehead atoms. The van der Waals surface area contributed by atoms with Crippen LogP contribution >= 0.6 is 27.3 Å². The van der Waals surface area contributed by atoms with Gasteiger partial charge in [-0.1, -0.05) is 6.07 Å². The summed E-state index contributed by atoms with van der Waals surface area (Å²) in [6.45, 7) is 2.42. The van der Waals surface area contributed by atoms with Crippen molar-refractivity contribution in [3.63, 3.8) is 0 Å². The van der Waals surface area contributed by atoms with Gasteiger partial charge in [0, 0.05) is 4.88 Å². The second-order valence-electron chi connectivity index (χ2n) is 3.39. The van der Waals surface area contributed by atoms with E-state index in [2.05, 4.69) is 31.2 Å². The summed E-state index contributed by atoms with van der Waals surface area (Å²) >= 11 is 4.77. The Morgan fingerprint density at radius 1 is 1.53 bits per heavy atom. The average Bonchev–Trinajstić information content (AvgIpc) is 2.72. The van der Waals surface area contributed by atoms with Crippen LogP contribution in [0.15, 0.2) is 28.3 Å². The van der Waals surface area contributed by atoms with Gasteiger partial charge in [0.1, 0.15) is 10.3 Å². The number of aromatic nitrogens is 2. The Kier molecular flexibility index (Phi) is 3.86. The summed E-state index contributed by atoms with van der Waals surface area (Å²) < 4.78 is 0.652. The third-order valence-corrected chi connectivity index (χ3v) is 3.58. The number of thiazole rings is 1. The van der Waals surface area contributed by atoms with Crippen LogP contribution in [0.1, 0.15) is 21.1 Å². The first-order valence-electron chi connectivity index (χ1n) is 4.96. The molecule has 0 spiro atoms. The maximum absolute atomic E-state index is 11.8. The highest BCUT2D eigenvalue weighted by molar-refractivity contribution is 9.10. The number of hydrogen-bond acceptors (Lipinski definition) is 4. The average molecular weight is 312 g/mol. The van der Waals surface area contributed by atoms with Gasteiger partial charge in [0.2, 0.25) is 0 Å². The number of carbonyl (C=O) groups excluding carboxylic acids is 1. The summed E-state index contributed by atoms with van der Waals surface area (Å²) in [4.78, 5) is 21.1. The van der Waals surface area contributed by atoms with Crippen molar-refractivity contribution < 1.29 is 4.79 Å². The lowest BCUT2D eigenvalue weighted by molar-refractivity contribution is 0.0946. The van der Waals surface area contributed by atoms with Crippen molar-refractivity contribution in [3.05, 3.63) is 44.6 Å². The molecular weight excluding hydrogens is 302 g/mol. The summed E-state index contributed by atoms with van der Waals surface area (Å²) in [5.74, 6) is -0.181. The lowest BCUT2D eigenvalue weighted by Crippen LogP contribution is -2.23. The van der Waals surface area contributed by atoms with Crippen molar-refractivity contribution in [2.24, 2.45) is 0 Å². The van der Waals surface area contributed by atoms with Crippen molar-refractivity contribution in [3.8, 4) is 0 Å². The number of amides is 1. The number of nitrogens with zero attached hydrogens (tertiary/aromatic N) is 2. The number of pyridine rings is 1. The van der Waals surface area contributed by atoms with Gasteiger partial charge < -0.3 is 5.32 Å². The minimum absolute atomic E-state index is 0.181. The van der Waals surface area contributed by atoms with Crippen LogP contribution in [0.3, 0.4) is 0 Å². The molecule has 1 amide bonds. The monoisotopic (exact) mass is 311 g/mol. The van der Waals surface area contributed by atoms with Crippen LogP contribution in [-0.2, 0) is 6.54 Å². The van der Waals surface area contributed by atoms with Gasteiger partial charge in [-0.15, -0.1) is 11.3 Å². The molecule has 1 N–H and O–H groups in total. The SMILES string of the molecule is Cc1ncsc1CNC(=O)c1cccc(Br)n1. The molecule has 0 aliphatic rings. The maximum atomic E-state index is 11.8. The summed E-state index contributed by atoms with van der Waals surface area (Å²) in [6.07, 6.45) is 0. The van der Waals surface area contributed by atoms with E-state index < -0.39 is 0 Å². The van der Waals surface area contributed by atoms with Gasteiger partial charge in [-0.2, -0.15) is 0 Å². The quantitative estimate of drug-likeness (QED) is 0.886. The van der Waals surface area contributed by atoms with E-state index in [1.54, 1.807) is 23.7 Å². The van der Waals surface area contributed by atoms with Crippen LogP contribution < -0.4 is 5.32 Å². The van der Waals surface area contributed by atoms with Crippen LogP contribution in [0.25, 0.3) is 0 Å². The molecule has 4 nitrogen and oxygen atoms in total. The fourth-order valence-electron chi connectivity index (χ4n) is 1.28. The lowest BCUT2D eigenvalue weighted by Gasteiger charge is -2.03. The molecule has 2 aromatic heterocycles. The smallest absolute Gasteiger partial charge is 0.270 e. The Morgan fingerprint density at radius 2 is 2.35 bits per heavy atom. The molecule has 6 heteroatoms. The Balaban J connectivity index is 2.01. The fraction of sp³-hybridized carbons (Fsp3) is 0.182. The summed E-state index contributed by atoms with van der Waals surface area (Å²) in [5.41, 5.74) is 3.13. The molecule has 0 atom stereocenters. The Labute approximate surface area is 111 Å². The Hall–Kier alpha value is -1.27. The number of hydrogen-bond donors (Lipinski definition) is 1. The van der Waals surface area contributed by atoms with E-state index in [1.807, 2.05) is 6.92 Å². The first kappa shape index (κ1) is 12.2. The highest BCUT2D eigenvalue weighted by Gasteiger charge is 2.08. The zero-order chi connectivity index (χ0) is 12.3. The third-order valence-electron chi connectivity index (χ3n) is 2.20. The van der Waals surface area contributed by atoms with Crippen molar-refractivity contribution >= 4 is 33.2 Å². The lowest BCUT2D eigenvalue weighted by atomic mass is 10.3. The topological polar surface area (TPSA) is 54.9 Å². The predicted molar refractivity (Wildman–Crippen MR) is 70.0 cm³/mol. The Morgan fingerprint density at radius 3 is 3.00 bits per heavy atom. The van der Waals surface area contributed by atoms with Crippen LogP contribution in [0.5, 0.6) is 0 Å². The summed E-state index contributed by atoms with van der Waals surface area (Å²) in [6, 6.07) is 5.24. The predicted octanol–water partition coefficient (Wildman–Crippen LogP) is 2.54. The van der Waals surface area contributed by atoms with Crippen LogP contribution in [0.4, 0.5) is 0 Å². The number of aryl methyl sites for hydroxylation is 1.